The molecule has 3 rings (SSSR count). The van der Waals surface area contributed by atoms with Gasteiger partial charge in [0.15, 0.2) is 0 Å². The van der Waals surface area contributed by atoms with Gasteiger partial charge in [0.1, 0.15) is 0 Å². The van der Waals surface area contributed by atoms with Crippen LogP contribution in [0.15, 0.2) is 30.3 Å². The first-order valence-electron chi connectivity index (χ1n) is 7.87. The van der Waals surface area contributed by atoms with Gasteiger partial charge in [-0.15, -0.1) is 0 Å². The molecule has 2 atom stereocenters. The molecule has 1 N–H and O–H groups in total. The zero-order chi connectivity index (χ0) is 15.5. The summed E-state index contributed by atoms with van der Waals surface area (Å²) in [6.07, 6.45) is 3.79. The molecule has 1 saturated heterocycles. The van der Waals surface area contributed by atoms with E-state index in [1.165, 1.54) is 4.90 Å². The highest BCUT2D eigenvalue weighted by molar-refractivity contribution is 6.05. The van der Waals surface area contributed by atoms with Crippen molar-refractivity contribution in [2.75, 3.05) is 11.9 Å². The number of carbonyl (C=O) groups is 3. The summed E-state index contributed by atoms with van der Waals surface area (Å²) in [7, 11) is 0. The lowest BCUT2D eigenvalue weighted by Gasteiger charge is -2.19. The van der Waals surface area contributed by atoms with Gasteiger partial charge in [-0.3, -0.25) is 19.3 Å². The summed E-state index contributed by atoms with van der Waals surface area (Å²) in [6.45, 7) is 0.184. The van der Waals surface area contributed by atoms with Crippen LogP contribution < -0.4 is 5.32 Å². The minimum absolute atomic E-state index is 0.0813. The number of para-hydroxylation sites is 1. The second-order valence-corrected chi connectivity index (χ2v) is 5.99. The van der Waals surface area contributed by atoms with Crippen LogP contribution in [0, 0.1) is 11.8 Å². The zero-order valence-corrected chi connectivity index (χ0v) is 12.5. The Kier molecular flexibility index (Phi) is 4.22. The van der Waals surface area contributed by atoms with Gasteiger partial charge in [0, 0.05) is 18.7 Å². The van der Waals surface area contributed by atoms with Gasteiger partial charge in [-0.25, -0.2) is 0 Å². The number of amides is 3. The highest BCUT2D eigenvalue weighted by atomic mass is 16.2. The van der Waals surface area contributed by atoms with E-state index in [9.17, 15) is 14.4 Å². The van der Waals surface area contributed by atoms with Gasteiger partial charge in [-0.05, 0) is 25.0 Å². The Morgan fingerprint density at radius 3 is 2.23 bits per heavy atom. The number of rotatable bonds is 4. The number of imide groups is 1. The van der Waals surface area contributed by atoms with Crippen molar-refractivity contribution in [3.8, 4) is 0 Å². The average molecular weight is 300 g/mol. The molecule has 0 spiro atoms. The van der Waals surface area contributed by atoms with Gasteiger partial charge < -0.3 is 5.32 Å². The fourth-order valence-electron chi connectivity index (χ4n) is 3.41. The Hall–Kier alpha value is -2.17. The van der Waals surface area contributed by atoms with Crippen molar-refractivity contribution < 1.29 is 14.4 Å². The summed E-state index contributed by atoms with van der Waals surface area (Å²) >= 11 is 0. The normalized spacial score (nSPS) is 24.3. The fourth-order valence-corrected chi connectivity index (χ4v) is 3.41. The zero-order valence-electron chi connectivity index (χ0n) is 12.5. The van der Waals surface area contributed by atoms with E-state index in [1.807, 2.05) is 18.2 Å². The first kappa shape index (κ1) is 14.8. The highest BCUT2D eigenvalue weighted by Crippen LogP contribution is 2.37. The van der Waals surface area contributed by atoms with Crippen LogP contribution >= 0.6 is 0 Å². The molecule has 2 unspecified atom stereocenters. The number of nitrogens with zero attached hydrogens (tertiary/aromatic N) is 1. The molecule has 1 aliphatic carbocycles. The largest absolute Gasteiger partial charge is 0.326 e. The lowest BCUT2D eigenvalue weighted by atomic mass is 9.81. The number of likely N-dealkylation sites (tertiary alicyclic amines) is 1. The van der Waals surface area contributed by atoms with Crippen LogP contribution in [-0.2, 0) is 14.4 Å². The second-order valence-electron chi connectivity index (χ2n) is 5.99. The molecule has 3 amide bonds. The van der Waals surface area contributed by atoms with Gasteiger partial charge in [0.25, 0.3) is 0 Å². The maximum absolute atomic E-state index is 12.3. The summed E-state index contributed by atoms with van der Waals surface area (Å²) in [5.74, 6) is -0.622. The molecule has 1 aliphatic heterocycles. The molecular formula is C17H20N2O3. The van der Waals surface area contributed by atoms with Crippen LogP contribution in [0.1, 0.15) is 32.1 Å². The summed E-state index contributed by atoms with van der Waals surface area (Å²) < 4.78 is 0. The first-order valence-corrected chi connectivity index (χ1v) is 7.87. The molecule has 0 radical (unpaired) electrons. The van der Waals surface area contributed by atoms with Crippen LogP contribution in [0.25, 0.3) is 0 Å². The number of carbonyl (C=O) groups excluding carboxylic acids is 3. The Balaban J connectivity index is 1.56. The molecule has 5 heteroatoms. The number of fused-ring (bicyclic) bond motifs is 1. The Bertz CT molecular complexity index is 561. The predicted octanol–water partition coefficient (Wildman–Crippen LogP) is 2.19. The quantitative estimate of drug-likeness (QED) is 0.867. The lowest BCUT2D eigenvalue weighted by Crippen LogP contribution is -2.34. The molecule has 2 aliphatic rings. The van der Waals surface area contributed by atoms with Gasteiger partial charge in [-0.2, -0.15) is 0 Å². The van der Waals surface area contributed by atoms with Gasteiger partial charge >= 0.3 is 0 Å². The highest BCUT2D eigenvalue weighted by Gasteiger charge is 2.47. The van der Waals surface area contributed by atoms with E-state index in [4.69, 9.17) is 0 Å². The molecule has 1 aromatic rings. The fraction of sp³-hybridized carbons (Fsp3) is 0.471. The lowest BCUT2D eigenvalue weighted by molar-refractivity contribution is -0.140. The number of hydrogen-bond acceptors (Lipinski definition) is 3. The van der Waals surface area contributed by atoms with E-state index < -0.39 is 0 Å². The van der Waals surface area contributed by atoms with Crippen molar-refractivity contribution in [3.63, 3.8) is 0 Å². The first-order chi connectivity index (χ1) is 10.7. The van der Waals surface area contributed by atoms with E-state index >= 15 is 0 Å². The molecule has 1 heterocycles. The summed E-state index contributed by atoms with van der Waals surface area (Å²) in [5.41, 5.74) is 0.722. The topological polar surface area (TPSA) is 66.5 Å². The van der Waals surface area contributed by atoms with E-state index in [-0.39, 0.29) is 42.5 Å². The Labute approximate surface area is 129 Å². The third-order valence-electron chi connectivity index (χ3n) is 4.55. The molecule has 1 saturated carbocycles. The number of anilines is 1. The van der Waals surface area contributed by atoms with Crippen molar-refractivity contribution >= 4 is 23.4 Å². The molecule has 0 bridgehead atoms. The molecule has 22 heavy (non-hydrogen) atoms. The molecule has 5 nitrogen and oxygen atoms in total. The van der Waals surface area contributed by atoms with E-state index in [2.05, 4.69) is 5.32 Å². The summed E-state index contributed by atoms with van der Waals surface area (Å²) in [5, 5.41) is 2.77. The number of hydrogen-bond donors (Lipinski definition) is 1. The van der Waals surface area contributed by atoms with Gasteiger partial charge in [0.05, 0.1) is 11.8 Å². The van der Waals surface area contributed by atoms with Crippen molar-refractivity contribution in [2.24, 2.45) is 11.8 Å². The maximum atomic E-state index is 12.3. The SMILES string of the molecule is O=C(CCN1C(=O)C2CCCCC2C1=O)Nc1ccccc1. The van der Waals surface area contributed by atoms with Crippen LogP contribution in [0.3, 0.4) is 0 Å². The van der Waals surface area contributed by atoms with Crippen molar-refractivity contribution in [1.82, 2.24) is 4.90 Å². The summed E-state index contributed by atoms with van der Waals surface area (Å²) in [6, 6.07) is 9.16. The number of nitrogens with one attached hydrogen (secondary N) is 1. The monoisotopic (exact) mass is 300 g/mol. The van der Waals surface area contributed by atoms with E-state index in [0.29, 0.717) is 0 Å². The van der Waals surface area contributed by atoms with Gasteiger partial charge in [-0.1, -0.05) is 31.0 Å². The summed E-state index contributed by atoms with van der Waals surface area (Å²) in [4.78, 5) is 37.8. The third kappa shape index (κ3) is 2.89. The Morgan fingerprint density at radius 1 is 1.05 bits per heavy atom. The number of benzene rings is 1. The predicted molar refractivity (Wildman–Crippen MR) is 81.9 cm³/mol. The van der Waals surface area contributed by atoms with Crippen LogP contribution in [0.2, 0.25) is 0 Å². The average Bonchev–Trinajstić information content (AvgIpc) is 2.78. The molecule has 0 aromatic heterocycles. The molecule has 116 valence electrons. The van der Waals surface area contributed by atoms with Crippen LogP contribution in [0.5, 0.6) is 0 Å². The second kappa shape index (κ2) is 6.30. The molecule has 1 aromatic carbocycles. The maximum Gasteiger partial charge on any atom is 0.233 e. The van der Waals surface area contributed by atoms with Crippen LogP contribution in [-0.4, -0.2) is 29.2 Å². The minimum atomic E-state index is -0.179. The standard InChI is InChI=1S/C17H20N2O3/c20-15(18-12-6-2-1-3-7-12)10-11-19-16(21)13-8-4-5-9-14(13)17(19)22/h1-3,6-7,13-14H,4-5,8-11H2,(H,18,20). The molecule has 2 fully saturated rings. The Morgan fingerprint density at radius 2 is 1.64 bits per heavy atom. The smallest absolute Gasteiger partial charge is 0.233 e. The van der Waals surface area contributed by atoms with Crippen molar-refractivity contribution in [3.05, 3.63) is 30.3 Å². The van der Waals surface area contributed by atoms with Crippen molar-refractivity contribution in [2.45, 2.75) is 32.1 Å². The van der Waals surface area contributed by atoms with E-state index in [0.717, 1.165) is 31.4 Å². The van der Waals surface area contributed by atoms with Gasteiger partial charge in [0.2, 0.25) is 17.7 Å². The van der Waals surface area contributed by atoms with Crippen molar-refractivity contribution in [1.29, 1.82) is 0 Å². The van der Waals surface area contributed by atoms with Crippen LogP contribution in [0.4, 0.5) is 5.69 Å². The third-order valence-corrected chi connectivity index (χ3v) is 4.55. The van der Waals surface area contributed by atoms with E-state index in [1.54, 1.807) is 12.1 Å². The molecular weight excluding hydrogens is 280 g/mol. The minimum Gasteiger partial charge on any atom is -0.326 e.